The summed E-state index contributed by atoms with van der Waals surface area (Å²) in [6, 6.07) is 7.51. The van der Waals surface area contributed by atoms with Gasteiger partial charge in [-0.05, 0) is 19.1 Å². The van der Waals surface area contributed by atoms with E-state index in [1.165, 1.54) is 11.8 Å². The summed E-state index contributed by atoms with van der Waals surface area (Å²) in [5.41, 5.74) is 11.6. The van der Waals surface area contributed by atoms with Crippen molar-refractivity contribution in [1.82, 2.24) is 9.97 Å². The van der Waals surface area contributed by atoms with E-state index in [0.717, 1.165) is 4.90 Å². The average molecular weight is 309 g/mol. The number of nitrogen functional groups attached to an aromatic ring is 1. The lowest BCUT2D eigenvalue weighted by molar-refractivity contribution is 0.1000. The Labute approximate surface area is 125 Å². The Morgan fingerprint density at radius 1 is 1.35 bits per heavy atom. The van der Waals surface area contributed by atoms with E-state index in [1.807, 2.05) is 24.3 Å². The van der Waals surface area contributed by atoms with Crippen LogP contribution in [-0.4, -0.2) is 15.9 Å². The van der Waals surface area contributed by atoms with Crippen molar-refractivity contribution < 1.29 is 4.79 Å². The Kier molecular flexibility index (Phi) is 4.46. The number of nitrogens with zero attached hydrogens (tertiary/aromatic N) is 2. The first-order chi connectivity index (χ1) is 9.49. The highest BCUT2D eigenvalue weighted by Gasteiger charge is 2.14. The second kappa shape index (κ2) is 6.11. The number of thioether (sulfide) groups is 1. The summed E-state index contributed by atoms with van der Waals surface area (Å²) in [5, 5.41) is 0.677. The molecule has 0 atom stereocenters. The topological polar surface area (TPSA) is 94.9 Å². The van der Waals surface area contributed by atoms with Crippen LogP contribution in [0.2, 0.25) is 5.02 Å². The van der Waals surface area contributed by atoms with Crippen LogP contribution in [0, 0.1) is 6.92 Å². The molecule has 0 unspecified atom stereocenters. The number of primary amides is 1. The molecule has 0 saturated carbocycles. The molecular formula is C13H13ClN4OS. The van der Waals surface area contributed by atoms with E-state index in [-0.39, 0.29) is 11.4 Å². The van der Waals surface area contributed by atoms with Crippen molar-refractivity contribution in [2.75, 3.05) is 5.73 Å². The fourth-order valence-electron chi connectivity index (χ4n) is 1.73. The van der Waals surface area contributed by atoms with Gasteiger partial charge in [0.1, 0.15) is 17.2 Å². The summed E-state index contributed by atoms with van der Waals surface area (Å²) in [7, 11) is 0. The van der Waals surface area contributed by atoms with Crippen LogP contribution in [0.1, 0.15) is 21.9 Å². The van der Waals surface area contributed by atoms with Gasteiger partial charge in [-0.3, -0.25) is 4.79 Å². The Bertz CT molecular complexity index is 640. The molecule has 104 valence electrons. The van der Waals surface area contributed by atoms with Gasteiger partial charge in [-0.25, -0.2) is 9.97 Å². The molecule has 4 N–H and O–H groups in total. The van der Waals surface area contributed by atoms with Crippen LogP contribution < -0.4 is 11.5 Å². The van der Waals surface area contributed by atoms with Crippen LogP contribution in [0.5, 0.6) is 0 Å². The third-order valence-electron chi connectivity index (χ3n) is 2.60. The van der Waals surface area contributed by atoms with E-state index in [9.17, 15) is 4.79 Å². The number of halogens is 1. The highest BCUT2D eigenvalue weighted by molar-refractivity contribution is 7.98. The average Bonchev–Trinajstić information content (AvgIpc) is 2.36. The molecule has 0 spiro atoms. The van der Waals surface area contributed by atoms with E-state index < -0.39 is 5.91 Å². The van der Waals surface area contributed by atoms with Gasteiger partial charge in [-0.1, -0.05) is 23.7 Å². The first kappa shape index (κ1) is 14.6. The van der Waals surface area contributed by atoms with Crippen molar-refractivity contribution in [3.8, 4) is 0 Å². The smallest absolute Gasteiger partial charge is 0.254 e. The van der Waals surface area contributed by atoms with E-state index in [4.69, 9.17) is 23.1 Å². The number of amides is 1. The second-order valence-corrected chi connectivity index (χ2v) is 5.49. The molecule has 20 heavy (non-hydrogen) atoms. The van der Waals surface area contributed by atoms with Crippen molar-refractivity contribution >= 4 is 35.1 Å². The molecule has 0 radical (unpaired) electrons. The third-order valence-corrected chi connectivity index (χ3v) is 4.12. The molecule has 0 fully saturated rings. The highest BCUT2D eigenvalue weighted by atomic mass is 35.5. The van der Waals surface area contributed by atoms with Gasteiger partial charge in [0.05, 0.1) is 16.5 Å². The summed E-state index contributed by atoms with van der Waals surface area (Å²) in [6.07, 6.45) is 0. The largest absolute Gasteiger partial charge is 0.383 e. The lowest BCUT2D eigenvalue weighted by Crippen LogP contribution is -2.18. The Balaban J connectivity index is 2.19. The zero-order valence-corrected chi connectivity index (χ0v) is 12.3. The summed E-state index contributed by atoms with van der Waals surface area (Å²) < 4.78 is 0. The molecule has 5 nitrogen and oxygen atoms in total. The number of anilines is 1. The number of benzene rings is 1. The number of hydrogen-bond donors (Lipinski definition) is 2. The quantitative estimate of drug-likeness (QED) is 0.846. The number of aryl methyl sites for hydroxylation is 1. The van der Waals surface area contributed by atoms with E-state index >= 15 is 0 Å². The van der Waals surface area contributed by atoms with Crippen LogP contribution in [0.4, 0.5) is 5.82 Å². The molecule has 7 heteroatoms. The molecule has 1 amide bonds. The molecule has 0 saturated heterocycles. The summed E-state index contributed by atoms with van der Waals surface area (Å²) in [5.74, 6) is 0.536. The fraction of sp³-hybridized carbons (Fsp3) is 0.154. The molecule has 1 aromatic carbocycles. The van der Waals surface area contributed by atoms with E-state index in [2.05, 4.69) is 9.97 Å². The molecule has 1 aromatic heterocycles. The predicted octanol–water partition coefficient (Wildman–Crippen LogP) is 2.41. The van der Waals surface area contributed by atoms with E-state index in [0.29, 0.717) is 22.3 Å². The molecular weight excluding hydrogens is 296 g/mol. The molecule has 0 aliphatic heterocycles. The van der Waals surface area contributed by atoms with Crippen LogP contribution in [-0.2, 0) is 5.75 Å². The summed E-state index contributed by atoms with van der Waals surface area (Å²) >= 11 is 7.58. The van der Waals surface area contributed by atoms with Gasteiger partial charge in [0.2, 0.25) is 0 Å². The van der Waals surface area contributed by atoms with E-state index in [1.54, 1.807) is 6.92 Å². The minimum Gasteiger partial charge on any atom is -0.383 e. The van der Waals surface area contributed by atoms with Crippen LogP contribution in [0.25, 0.3) is 0 Å². The molecule has 0 bridgehead atoms. The second-order valence-electron chi connectivity index (χ2n) is 4.07. The first-order valence-corrected chi connectivity index (χ1v) is 7.15. The summed E-state index contributed by atoms with van der Waals surface area (Å²) in [4.78, 5) is 20.5. The van der Waals surface area contributed by atoms with Gasteiger partial charge < -0.3 is 11.5 Å². The molecule has 2 aromatic rings. The SMILES string of the molecule is Cc1nc(CSc2ccccc2Cl)nc(N)c1C(N)=O. The fourth-order valence-corrected chi connectivity index (χ4v) is 2.82. The number of hydrogen-bond acceptors (Lipinski definition) is 5. The lowest BCUT2D eigenvalue weighted by atomic mass is 10.2. The molecule has 2 rings (SSSR count). The standard InChI is InChI=1S/C13H13ClN4OS/c1-7-11(13(16)19)12(15)18-10(17-7)6-20-9-5-3-2-4-8(9)14/h2-5H,6H2,1H3,(H2,16,19)(H2,15,17,18). The zero-order chi connectivity index (χ0) is 14.7. The highest BCUT2D eigenvalue weighted by Crippen LogP contribution is 2.29. The number of rotatable bonds is 4. The van der Waals surface area contributed by atoms with Crippen LogP contribution in [0.3, 0.4) is 0 Å². The molecule has 0 aliphatic rings. The Morgan fingerprint density at radius 3 is 2.65 bits per heavy atom. The van der Waals surface area contributed by atoms with Crippen molar-refractivity contribution in [1.29, 1.82) is 0 Å². The minimum atomic E-state index is -0.620. The van der Waals surface area contributed by atoms with Gasteiger partial charge in [0.25, 0.3) is 5.91 Å². The predicted molar refractivity (Wildman–Crippen MR) is 80.7 cm³/mol. The number of carbonyl (C=O) groups is 1. The first-order valence-electron chi connectivity index (χ1n) is 5.79. The maximum absolute atomic E-state index is 11.2. The van der Waals surface area contributed by atoms with Gasteiger partial charge in [-0.2, -0.15) is 0 Å². The minimum absolute atomic E-state index is 0.111. The van der Waals surface area contributed by atoms with Gasteiger partial charge in [0, 0.05) is 4.90 Å². The molecule has 0 aliphatic carbocycles. The number of nitrogens with two attached hydrogens (primary N) is 2. The third kappa shape index (κ3) is 3.20. The van der Waals surface area contributed by atoms with Gasteiger partial charge >= 0.3 is 0 Å². The maximum Gasteiger partial charge on any atom is 0.254 e. The van der Waals surface area contributed by atoms with Crippen molar-refractivity contribution in [3.63, 3.8) is 0 Å². The molecule has 1 heterocycles. The van der Waals surface area contributed by atoms with Crippen molar-refractivity contribution in [2.24, 2.45) is 5.73 Å². The Hall–Kier alpha value is -1.79. The zero-order valence-electron chi connectivity index (χ0n) is 10.8. The number of aromatic nitrogens is 2. The normalized spacial score (nSPS) is 10.5. The summed E-state index contributed by atoms with van der Waals surface area (Å²) in [6.45, 7) is 1.68. The monoisotopic (exact) mass is 308 g/mol. The lowest BCUT2D eigenvalue weighted by Gasteiger charge is -2.08. The Morgan fingerprint density at radius 2 is 2.05 bits per heavy atom. The van der Waals surface area contributed by atoms with Crippen molar-refractivity contribution in [3.05, 3.63) is 46.4 Å². The van der Waals surface area contributed by atoms with Crippen LogP contribution in [0.15, 0.2) is 29.2 Å². The van der Waals surface area contributed by atoms with Gasteiger partial charge in [-0.15, -0.1) is 11.8 Å². The van der Waals surface area contributed by atoms with Crippen LogP contribution >= 0.6 is 23.4 Å². The van der Waals surface area contributed by atoms with Crippen molar-refractivity contribution in [2.45, 2.75) is 17.6 Å². The van der Waals surface area contributed by atoms with Gasteiger partial charge in [0.15, 0.2) is 0 Å². The maximum atomic E-state index is 11.2. The number of carbonyl (C=O) groups excluding carboxylic acids is 1.